The third-order valence-corrected chi connectivity index (χ3v) is 8.71. The zero-order valence-corrected chi connectivity index (χ0v) is 30.4. The van der Waals surface area contributed by atoms with E-state index in [1.54, 1.807) is 0 Å². The summed E-state index contributed by atoms with van der Waals surface area (Å²) in [6.45, 7) is 17.4. The molecular weight excluding hydrogens is 592 g/mol. The van der Waals surface area contributed by atoms with Gasteiger partial charge >= 0.3 is 0 Å². The molecule has 8 nitrogen and oxygen atoms in total. The molecule has 2 atom stereocenters. The molecule has 2 unspecified atom stereocenters. The quantitative estimate of drug-likeness (QED) is 0.0620. The van der Waals surface area contributed by atoms with Crippen LogP contribution in [0.5, 0.6) is 0 Å². The van der Waals surface area contributed by atoms with Crippen LogP contribution in [-0.2, 0) is 12.8 Å². The van der Waals surface area contributed by atoms with Gasteiger partial charge in [-0.25, -0.2) is 9.97 Å². The van der Waals surface area contributed by atoms with Crippen LogP contribution in [0.15, 0.2) is 60.8 Å². The summed E-state index contributed by atoms with van der Waals surface area (Å²) in [5.41, 5.74) is 18.4. The number of rotatable bonds is 26. The fourth-order valence-electron chi connectivity index (χ4n) is 5.60. The lowest BCUT2D eigenvalue weighted by atomic mass is 10.0. The van der Waals surface area contributed by atoms with Crippen molar-refractivity contribution in [3.8, 4) is 22.6 Å². The van der Waals surface area contributed by atoms with Crippen LogP contribution in [0.4, 0.5) is 0 Å². The highest BCUT2D eigenvalue weighted by atomic mass is 14.9. The van der Waals surface area contributed by atoms with Crippen molar-refractivity contribution in [2.45, 2.75) is 91.1 Å². The molecule has 0 aliphatic rings. The lowest BCUT2D eigenvalue weighted by Gasteiger charge is -2.13. The maximum atomic E-state index is 6.46. The number of nitrogens with one attached hydrogen (secondary N) is 4. The van der Waals surface area contributed by atoms with Crippen LogP contribution in [-0.4, -0.2) is 74.4 Å². The molecular formula is C40H66N8. The molecule has 0 aliphatic heterocycles. The largest absolute Gasteiger partial charge is 0.327 e. The maximum Gasteiger partial charge on any atom is 0.159 e. The standard InChI is InChI=1S/C40H66N8/c1-31(2)15-24-43-20-5-22-45-26-17-37(41)29-33-7-11-35(12-8-33)39-19-28-47-40(48-39)36-13-9-34(10-14-36)30-38(42)18-27-46-23-6-21-44-25-16-32(3)4/h7-14,19,28,31-32,37-38,43-46H,5-6,15-18,20-27,29-30,41-42H2,1-4H3. The number of hydrogen-bond donors (Lipinski definition) is 6. The molecule has 0 amide bonds. The summed E-state index contributed by atoms with van der Waals surface area (Å²) in [4.78, 5) is 9.45. The molecule has 0 spiro atoms. The predicted molar refractivity (Wildman–Crippen MR) is 205 cm³/mol. The van der Waals surface area contributed by atoms with E-state index in [1.807, 2.05) is 12.3 Å². The number of nitrogens with zero attached hydrogens (tertiary/aromatic N) is 2. The van der Waals surface area contributed by atoms with Gasteiger partial charge in [-0.1, -0.05) is 76.2 Å². The van der Waals surface area contributed by atoms with Gasteiger partial charge in [0.25, 0.3) is 0 Å². The van der Waals surface area contributed by atoms with Gasteiger partial charge in [-0.3, -0.25) is 0 Å². The van der Waals surface area contributed by atoms with E-state index in [0.29, 0.717) is 0 Å². The molecule has 3 aromatic rings. The third-order valence-electron chi connectivity index (χ3n) is 8.71. The average Bonchev–Trinajstić information content (AvgIpc) is 3.07. The average molecular weight is 659 g/mol. The molecule has 0 radical (unpaired) electrons. The summed E-state index contributed by atoms with van der Waals surface area (Å²) in [5.74, 6) is 2.26. The summed E-state index contributed by atoms with van der Waals surface area (Å²) in [6.07, 6.45) is 10.3. The van der Waals surface area contributed by atoms with Crippen LogP contribution in [0.3, 0.4) is 0 Å². The number of benzene rings is 2. The molecule has 0 saturated heterocycles. The van der Waals surface area contributed by atoms with Gasteiger partial charge in [-0.2, -0.15) is 0 Å². The van der Waals surface area contributed by atoms with E-state index in [4.69, 9.17) is 16.5 Å². The van der Waals surface area contributed by atoms with Gasteiger partial charge in [0.05, 0.1) is 5.69 Å². The highest BCUT2D eigenvalue weighted by Gasteiger charge is 2.09. The van der Waals surface area contributed by atoms with Crippen molar-refractivity contribution < 1.29 is 0 Å². The van der Waals surface area contributed by atoms with E-state index in [-0.39, 0.29) is 12.1 Å². The van der Waals surface area contributed by atoms with E-state index in [9.17, 15) is 0 Å². The first kappa shape index (κ1) is 39.7. The van der Waals surface area contributed by atoms with Crippen LogP contribution >= 0.6 is 0 Å². The number of nitrogens with two attached hydrogens (primary N) is 2. The summed E-state index contributed by atoms with van der Waals surface area (Å²) < 4.78 is 0. The van der Waals surface area contributed by atoms with E-state index >= 15 is 0 Å². The van der Waals surface area contributed by atoms with Crippen molar-refractivity contribution in [2.24, 2.45) is 23.3 Å². The third kappa shape index (κ3) is 17.1. The lowest BCUT2D eigenvalue weighted by Crippen LogP contribution is -2.30. The van der Waals surface area contributed by atoms with Gasteiger partial charge in [0.2, 0.25) is 0 Å². The topological polar surface area (TPSA) is 126 Å². The van der Waals surface area contributed by atoms with Crippen molar-refractivity contribution in [3.05, 3.63) is 71.9 Å². The van der Waals surface area contributed by atoms with Crippen LogP contribution < -0.4 is 32.7 Å². The van der Waals surface area contributed by atoms with Crippen LogP contribution in [0, 0.1) is 11.8 Å². The smallest absolute Gasteiger partial charge is 0.159 e. The first-order chi connectivity index (χ1) is 23.3. The molecule has 0 saturated carbocycles. The molecule has 0 bridgehead atoms. The first-order valence-corrected chi connectivity index (χ1v) is 18.7. The molecule has 8 N–H and O–H groups in total. The number of hydrogen-bond acceptors (Lipinski definition) is 8. The minimum Gasteiger partial charge on any atom is -0.327 e. The second-order valence-electron chi connectivity index (χ2n) is 14.2. The molecule has 3 rings (SSSR count). The van der Waals surface area contributed by atoms with E-state index in [2.05, 4.69) is 102 Å². The van der Waals surface area contributed by atoms with Crippen molar-refractivity contribution in [1.82, 2.24) is 31.2 Å². The Morgan fingerprint density at radius 3 is 1.38 bits per heavy atom. The summed E-state index contributed by atoms with van der Waals surface area (Å²) in [7, 11) is 0. The van der Waals surface area contributed by atoms with Crippen LogP contribution in [0.2, 0.25) is 0 Å². The van der Waals surface area contributed by atoms with E-state index in [0.717, 1.165) is 125 Å². The van der Waals surface area contributed by atoms with Crippen molar-refractivity contribution in [1.29, 1.82) is 0 Å². The van der Waals surface area contributed by atoms with Gasteiger partial charge < -0.3 is 32.7 Å². The lowest BCUT2D eigenvalue weighted by molar-refractivity contribution is 0.514. The van der Waals surface area contributed by atoms with Gasteiger partial charge in [0.15, 0.2) is 5.82 Å². The SMILES string of the molecule is CC(C)CCNCCCNCCC(N)Cc1ccc(-c2ccnc(-c3ccc(CC(N)CCNCCCNCCC(C)C)cc3)n2)cc1. The first-order valence-electron chi connectivity index (χ1n) is 18.7. The molecule has 1 aromatic heterocycles. The predicted octanol–water partition coefficient (Wildman–Crippen LogP) is 5.56. The van der Waals surface area contributed by atoms with Crippen molar-refractivity contribution >= 4 is 0 Å². The zero-order valence-electron chi connectivity index (χ0n) is 30.4. The Kier molecular flexibility index (Phi) is 19.5. The van der Waals surface area contributed by atoms with Crippen molar-refractivity contribution in [2.75, 3.05) is 52.4 Å². The Hall–Kier alpha value is -2.72. The Morgan fingerprint density at radius 1 is 0.521 bits per heavy atom. The summed E-state index contributed by atoms with van der Waals surface area (Å²) >= 11 is 0. The van der Waals surface area contributed by atoms with Gasteiger partial charge in [-0.15, -0.1) is 0 Å². The van der Waals surface area contributed by atoms with Crippen molar-refractivity contribution in [3.63, 3.8) is 0 Å². The van der Waals surface area contributed by atoms with Gasteiger partial charge in [-0.05, 0) is 133 Å². The molecule has 8 heteroatoms. The maximum absolute atomic E-state index is 6.46. The highest BCUT2D eigenvalue weighted by molar-refractivity contribution is 5.63. The van der Waals surface area contributed by atoms with E-state index in [1.165, 1.54) is 24.0 Å². The molecule has 0 aliphatic carbocycles. The van der Waals surface area contributed by atoms with Crippen LogP contribution in [0.1, 0.15) is 77.3 Å². The fourth-order valence-corrected chi connectivity index (χ4v) is 5.60. The second kappa shape index (κ2) is 23.6. The van der Waals surface area contributed by atoms with Crippen LogP contribution in [0.25, 0.3) is 22.6 Å². The monoisotopic (exact) mass is 659 g/mol. The fraction of sp³-hybridized carbons (Fsp3) is 0.600. The second-order valence-corrected chi connectivity index (χ2v) is 14.2. The number of aromatic nitrogens is 2. The molecule has 2 aromatic carbocycles. The van der Waals surface area contributed by atoms with Gasteiger partial charge in [0, 0.05) is 29.4 Å². The zero-order chi connectivity index (χ0) is 34.4. The van der Waals surface area contributed by atoms with E-state index < -0.39 is 0 Å². The Labute approximate surface area is 292 Å². The summed E-state index contributed by atoms with van der Waals surface area (Å²) in [6, 6.07) is 19.4. The Morgan fingerprint density at radius 2 is 0.938 bits per heavy atom. The molecule has 266 valence electrons. The summed E-state index contributed by atoms with van der Waals surface area (Å²) in [5, 5.41) is 14.1. The Balaban J connectivity index is 1.35. The molecule has 48 heavy (non-hydrogen) atoms. The normalized spacial score (nSPS) is 13.0. The molecule has 1 heterocycles. The minimum atomic E-state index is 0.137. The molecule has 0 fully saturated rings. The highest BCUT2D eigenvalue weighted by Crippen LogP contribution is 2.22. The Bertz CT molecular complexity index is 1140. The minimum absolute atomic E-state index is 0.137. The van der Waals surface area contributed by atoms with Gasteiger partial charge in [0.1, 0.15) is 0 Å².